The highest BCUT2D eigenvalue weighted by molar-refractivity contribution is 6.01. The Balaban J connectivity index is 1.93. The molecule has 2 aliphatic rings. The molecule has 1 aromatic heterocycles. The maximum atomic E-state index is 13.0. The molecule has 0 radical (unpaired) electrons. The third-order valence-electron chi connectivity index (χ3n) is 5.10. The molecule has 5 heteroatoms. The minimum atomic E-state index is -0.170. The standard InChI is InChI=1S/C20H22N2O3/c1-11-16-17(12-6-5-7-13(8-12)24-4)18-14(21-19(16)25-22-11)9-20(2,3)10-15(18)23/h5-8,17,21H,9-10H2,1-4H3/t17-/m0/s1. The lowest BCUT2D eigenvalue weighted by Crippen LogP contribution is -2.33. The molecule has 1 N–H and O–H groups in total. The van der Waals surface area contributed by atoms with Crippen LogP contribution in [0.1, 0.15) is 49.4 Å². The topological polar surface area (TPSA) is 64.4 Å². The summed E-state index contributed by atoms with van der Waals surface area (Å²) in [6.07, 6.45) is 1.36. The molecular weight excluding hydrogens is 316 g/mol. The molecule has 0 saturated heterocycles. The van der Waals surface area contributed by atoms with E-state index in [4.69, 9.17) is 9.26 Å². The van der Waals surface area contributed by atoms with E-state index in [0.717, 1.165) is 40.3 Å². The second kappa shape index (κ2) is 5.48. The van der Waals surface area contributed by atoms with Crippen LogP contribution in [0.2, 0.25) is 0 Å². The van der Waals surface area contributed by atoms with Gasteiger partial charge in [0.15, 0.2) is 5.78 Å². The number of allylic oxidation sites excluding steroid dienone is 2. The number of hydrogen-bond acceptors (Lipinski definition) is 5. The summed E-state index contributed by atoms with van der Waals surface area (Å²) in [6.45, 7) is 6.16. The second-order valence-electron chi connectivity index (χ2n) is 7.68. The van der Waals surface area contributed by atoms with Crippen molar-refractivity contribution in [1.29, 1.82) is 0 Å². The lowest BCUT2D eigenvalue weighted by molar-refractivity contribution is -0.118. The Morgan fingerprint density at radius 2 is 2.12 bits per heavy atom. The van der Waals surface area contributed by atoms with E-state index in [1.165, 1.54) is 0 Å². The van der Waals surface area contributed by atoms with Gasteiger partial charge in [-0.15, -0.1) is 0 Å². The van der Waals surface area contributed by atoms with Gasteiger partial charge in [-0.2, -0.15) is 0 Å². The summed E-state index contributed by atoms with van der Waals surface area (Å²) in [5.74, 6) is 1.45. The minimum Gasteiger partial charge on any atom is -0.497 e. The predicted octanol–water partition coefficient (Wildman–Crippen LogP) is 4.19. The van der Waals surface area contributed by atoms with Crippen molar-refractivity contribution in [3.63, 3.8) is 0 Å². The second-order valence-corrected chi connectivity index (χ2v) is 7.68. The number of carbonyl (C=O) groups is 1. The van der Waals surface area contributed by atoms with E-state index in [1.807, 2.05) is 31.2 Å². The Kier molecular flexibility index (Phi) is 3.49. The highest BCUT2D eigenvalue weighted by atomic mass is 16.5. The zero-order chi connectivity index (χ0) is 17.8. The van der Waals surface area contributed by atoms with Gasteiger partial charge in [0.1, 0.15) is 5.75 Å². The van der Waals surface area contributed by atoms with Crippen LogP contribution in [0.5, 0.6) is 5.75 Å². The van der Waals surface area contributed by atoms with Gasteiger partial charge in [0.25, 0.3) is 0 Å². The largest absolute Gasteiger partial charge is 0.497 e. The van der Waals surface area contributed by atoms with Crippen molar-refractivity contribution in [3.8, 4) is 5.75 Å². The van der Waals surface area contributed by atoms with Crippen LogP contribution in [0, 0.1) is 12.3 Å². The molecule has 0 saturated carbocycles. The molecule has 1 aromatic carbocycles. The molecule has 0 spiro atoms. The summed E-state index contributed by atoms with van der Waals surface area (Å²) < 4.78 is 10.9. The summed E-state index contributed by atoms with van der Waals surface area (Å²) in [5.41, 5.74) is 4.51. The number of nitrogens with one attached hydrogen (secondary N) is 1. The lowest BCUT2D eigenvalue weighted by atomic mass is 9.69. The Morgan fingerprint density at radius 3 is 2.88 bits per heavy atom. The monoisotopic (exact) mass is 338 g/mol. The van der Waals surface area contributed by atoms with E-state index in [0.29, 0.717) is 12.3 Å². The van der Waals surface area contributed by atoms with Gasteiger partial charge >= 0.3 is 0 Å². The molecule has 4 rings (SSSR count). The van der Waals surface area contributed by atoms with Crippen molar-refractivity contribution < 1.29 is 14.1 Å². The number of ether oxygens (including phenoxy) is 1. The molecule has 2 heterocycles. The highest BCUT2D eigenvalue weighted by Gasteiger charge is 2.42. The summed E-state index contributed by atoms with van der Waals surface area (Å²) in [6, 6.07) is 7.89. The van der Waals surface area contributed by atoms with Crippen molar-refractivity contribution in [2.45, 2.75) is 39.5 Å². The number of nitrogens with zero attached hydrogens (tertiary/aromatic N) is 1. The Hall–Kier alpha value is -2.56. The van der Waals surface area contributed by atoms with Crippen LogP contribution in [0.25, 0.3) is 0 Å². The fourth-order valence-corrected chi connectivity index (χ4v) is 4.02. The van der Waals surface area contributed by atoms with Crippen LogP contribution in [-0.4, -0.2) is 18.0 Å². The molecule has 0 amide bonds. The van der Waals surface area contributed by atoms with Crippen molar-refractivity contribution in [3.05, 3.63) is 52.4 Å². The third kappa shape index (κ3) is 2.54. The number of hydrogen-bond donors (Lipinski definition) is 1. The minimum absolute atomic E-state index is 0.0611. The van der Waals surface area contributed by atoms with E-state index in [1.54, 1.807) is 7.11 Å². The van der Waals surface area contributed by atoms with Gasteiger partial charge in [-0.05, 0) is 36.5 Å². The number of anilines is 1. The summed E-state index contributed by atoms with van der Waals surface area (Å²) >= 11 is 0. The molecule has 2 aromatic rings. The molecule has 0 bridgehead atoms. The van der Waals surface area contributed by atoms with Gasteiger partial charge in [-0.1, -0.05) is 31.1 Å². The normalized spacial score (nSPS) is 21.4. The fraction of sp³-hybridized carbons (Fsp3) is 0.400. The SMILES string of the molecule is COc1cccc([C@@H]2C3=C(CC(C)(C)CC3=O)Nc3onc(C)c32)c1. The van der Waals surface area contributed by atoms with Crippen molar-refractivity contribution in [2.24, 2.45) is 5.41 Å². The number of methoxy groups -OCH3 is 1. The van der Waals surface area contributed by atoms with Gasteiger partial charge in [0.2, 0.25) is 5.88 Å². The Bertz CT molecular complexity index is 892. The number of rotatable bonds is 2. The van der Waals surface area contributed by atoms with Crippen LogP contribution in [0.15, 0.2) is 40.1 Å². The highest BCUT2D eigenvalue weighted by Crippen LogP contribution is 2.50. The molecule has 5 nitrogen and oxygen atoms in total. The number of ketones is 1. The first-order valence-electron chi connectivity index (χ1n) is 8.53. The Morgan fingerprint density at radius 1 is 1.32 bits per heavy atom. The smallest absolute Gasteiger partial charge is 0.233 e. The van der Waals surface area contributed by atoms with E-state index in [-0.39, 0.29) is 17.1 Å². The van der Waals surface area contributed by atoms with Gasteiger partial charge in [-0.3, -0.25) is 4.79 Å². The zero-order valence-electron chi connectivity index (χ0n) is 15.0. The van der Waals surface area contributed by atoms with Crippen LogP contribution >= 0.6 is 0 Å². The van der Waals surface area contributed by atoms with E-state index in [2.05, 4.69) is 24.3 Å². The van der Waals surface area contributed by atoms with Crippen molar-refractivity contribution in [2.75, 3.05) is 12.4 Å². The maximum absolute atomic E-state index is 13.0. The first kappa shape index (κ1) is 15.9. The number of benzene rings is 1. The molecule has 0 unspecified atom stereocenters. The molecule has 25 heavy (non-hydrogen) atoms. The molecule has 1 aliphatic carbocycles. The average molecular weight is 338 g/mol. The third-order valence-corrected chi connectivity index (χ3v) is 5.10. The van der Waals surface area contributed by atoms with Crippen LogP contribution in [0.3, 0.4) is 0 Å². The van der Waals surface area contributed by atoms with Gasteiger partial charge in [0, 0.05) is 23.6 Å². The Labute approximate surface area is 147 Å². The van der Waals surface area contributed by atoms with E-state index in [9.17, 15) is 4.79 Å². The quantitative estimate of drug-likeness (QED) is 0.889. The molecule has 1 atom stereocenters. The number of fused-ring (bicyclic) bond motifs is 1. The molecule has 0 fully saturated rings. The number of aryl methyl sites for hydroxylation is 1. The van der Waals surface area contributed by atoms with Crippen LogP contribution < -0.4 is 10.1 Å². The summed E-state index contributed by atoms with van der Waals surface area (Å²) in [4.78, 5) is 13.0. The summed E-state index contributed by atoms with van der Waals surface area (Å²) in [5, 5.41) is 7.46. The first-order valence-corrected chi connectivity index (χ1v) is 8.53. The van der Waals surface area contributed by atoms with Crippen LogP contribution in [-0.2, 0) is 4.79 Å². The van der Waals surface area contributed by atoms with Gasteiger partial charge in [-0.25, -0.2) is 0 Å². The van der Waals surface area contributed by atoms with Crippen LogP contribution in [0.4, 0.5) is 5.88 Å². The average Bonchev–Trinajstić information content (AvgIpc) is 2.92. The van der Waals surface area contributed by atoms with E-state index >= 15 is 0 Å². The number of Topliss-reactive ketones (excluding diaryl/α,β-unsaturated/α-hetero) is 1. The summed E-state index contributed by atoms with van der Waals surface area (Å²) in [7, 11) is 1.65. The molecule has 1 aliphatic heterocycles. The zero-order valence-corrected chi connectivity index (χ0v) is 15.0. The lowest BCUT2D eigenvalue weighted by Gasteiger charge is -2.37. The molecule has 130 valence electrons. The van der Waals surface area contributed by atoms with Crippen molar-refractivity contribution in [1.82, 2.24) is 5.16 Å². The predicted molar refractivity (Wildman–Crippen MR) is 94.7 cm³/mol. The van der Waals surface area contributed by atoms with E-state index < -0.39 is 0 Å². The van der Waals surface area contributed by atoms with Gasteiger partial charge in [0.05, 0.1) is 18.4 Å². The number of aromatic nitrogens is 1. The maximum Gasteiger partial charge on any atom is 0.233 e. The number of carbonyl (C=O) groups excluding carboxylic acids is 1. The first-order chi connectivity index (χ1) is 11.9. The van der Waals surface area contributed by atoms with Gasteiger partial charge < -0.3 is 14.6 Å². The molecular formula is C20H22N2O3. The fourth-order valence-electron chi connectivity index (χ4n) is 4.02. The van der Waals surface area contributed by atoms with Crippen molar-refractivity contribution >= 4 is 11.7 Å².